The summed E-state index contributed by atoms with van der Waals surface area (Å²) in [6, 6.07) is 10.5. The van der Waals surface area contributed by atoms with Gasteiger partial charge in [-0.15, -0.1) is 0 Å². The van der Waals surface area contributed by atoms with Gasteiger partial charge in [0.05, 0.1) is 12.2 Å². The summed E-state index contributed by atoms with van der Waals surface area (Å²) < 4.78 is 4.97. The van der Waals surface area contributed by atoms with Crippen LogP contribution in [0.4, 0.5) is 0 Å². The van der Waals surface area contributed by atoms with Gasteiger partial charge in [0.25, 0.3) is 0 Å². The first-order valence-corrected chi connectivity index (χ1v) is 13.0. The average Bonchev–Trinajstić information content (AvgIpc) is 3.36. The maximum atomic E-state index is 11.0. The Hall–Kier alpha value is -1.65. The molecule has 1 aromatic rings. The normalized spacial score (nSPS) is 13.8. The van der Waals surface area contributed by atoms with Crippen molar-refractivity contribution in [3.05, 3.63) is 48.0 Å². The van der Waals surface area contributed by atoms with Crippen LogP contribution in [0.3, 0.4) is 0 Å². The number of hydrogen-bond donors (Lipinski definition) is 2. The molecule has 2 rings (SSSR count). The topological polar surface area (TPSA) is 66.8 Å². The molecule has 33 heavy (non-hydrogen) atoms. The van der Waals surface area contributed by atoms with Crippen LogP contribution in [0, 0.1) is 5.92 Å². The number of unbranched alkanes of at least 4 members (excludes halogenated alkanes) is 1. The molecular formula is C29H52O4. The van der Waals surface area contributed by atoms with E-state index in [-0.39, 0.29) is 18.2 Å². The quantitative estimate of drug-likeness (QED) is 0.205. The number of ether oxygens (including phenoxy) is 1. The molecule has 1 fully saturated rings. The van der Waals surface area contributed by atoms with Crippen molar-refractivity contribution in [2.45, 2.75) is 117 Å². The largest absolute Gasteiger partial charge is 0.463 e. The van der Waals surface area contributed by atoms with Gasteiger partial charge >= 0.3 is 5.97 Å². The molecule has 0 spiro atoms. The summed E-state index contributed by atoms with van der Waals surface area (Å²) in [7, 11) is 1.00. The average molecular weight is 465 g/mol. The molecule has 0 aliphatic heterocycles. The van der Waals surface area contributed by atoms with Gasteiger partial charge in [-0.25, -0.2) is 0 Å². The number of aliphatic hydroxyl groups is 2. The van der Waals surface area contributed by atoms with E-state index in [1.54, 1.807) is 0 Å². The zero-order valence-electron chi connectivity index (χ0n) is 22.3. The van der Waals surface area contributed by atoms with Crippen LogP contribution in [0.15, 0.2) is 42.5 Å². The van der Waals surface area contributed by atoms with Gasteiger partial charge in [0.1, 0.15) is 0 Å². The molecule has 2 N–H and O–H groups in total. The van der Waals surface area contributed by atoms with Crippen molar-refractivity contribution in [3.8, 4) is 0 Å². The maximum Gasteiger partial charge on any atom is 0.306 e. The summed E-state index contributed by atoms with van der Waals surface area (Å²) >= 11 is 0. The van der Waals surface area contributed by atoms with Crippen LogP contribution < -0.4 is 0 Å². The molecular weight excluding hydrogens is 412 g/mol. The van der Waals surface area contributed by atoms with Gasteiger partial charge < -0.3 is 14.9 Å². The first-order chi connectivity index (χ1) is 16.0. The highest BCUT2D eigenvalue weighted by molar-refractivity contribution is 5.69. The van der Waals surface area contributed by atoms with Crippen LogP contribution in [0.5, 0.6) is 0 Å². The Morgan fingerprint density at radius 3 is 2.24 bits per heavy atom. The zero-order valence-corrected chi connectivity index (χ0v) is 22.3. The first-order valence-electron chi connectivity index (χ1n) is 13.0. The van der Waals surface area contributed by atoms with Gasteiger partial charge in [-0.1, -0.05) is 82.0 Å². The molecule has 0 aromatic heterocycles. The fraction of sp³-hybridized carbons (Fsp3) is 0.690. The molecule has 0 unspecified atom stereocenters. The Morgan fingerprint density at radius 1 is 1.09 bits per heavy atom. The monoisotopic (exact) mass is 464 g/mol. The Morgan fingerprint density at radius 2 is 1.70 bits per heavy atom. The van der Waals surface area contributed by atoms with E-state index in [0.717, 1.165) is 45.1 Å². The highest BCUT2D eigenvalue weighted by Gasteiger charge is 2.16. The number of hydrogen-bond acceptors (Lipinski definition) is 4. The second-order valence-electron chi connectivity index (χ2n) is 8.41. The molecule has 0 bridgehead atoms. The number of benzene rings is 1. The lowest BCUT2D eigenvalue weighted by Crippen LogP contribution is -2.10. The predicted octanol–water partition coefficient (Wildman–Crippen LogP) is 7.27. The standard InChI is InChI=1S/C16H24O.C10H18O2.C2H6.CH4O/c17-16(13-11-15-8-4-5-9-15)12-10-14-6-2-1-3-7-14;1-4-5-6-7-8-10(11)12-9(2)3;2*1-2/h1-3,6-7,15-17H,4-5,8-13H2;4-5,9H,6-8H2,1-3H3;1-2H3;2H,1H3/b;5-4-;;/t16-;;;/m0.../s1. The summed E-state index contributed by atoms with van der Waals surface area (Å²) in [6.07, 6.45) is 16.1. The van der Waals surface area contributed by atoms with E-state index < -0.39 is 0 Å². The number of carbonyl (C=O) groups excluding carboxylic acids is 1. The van der Waals surface area contributed by atoms with E-state index >= 15 is 0 Å². The molecule has 0 saturated heterocycles. The Bertz CT molecular complexity index is 548. The highest BCUT2D eigenvalue weighted by atomic mass is 16.5. The number of carbonyl (C=O) groups is 1. The van der Waals surface area contributed by atoms with Crippen molar-refractivity contribution in [1.29, 1.82) is 0 Å². The van der Waals surface area contributed by atoms with Crippen LogP contribution in [0.1, 0.15) is 104 Å². The smallest absolute Gasteiger partial charge is 0.306 e. The number of aliphatic hydroxyl groups excluding tert-OH is 2. The van der Waals surface area contributed by atoms with Crippen molar-refractivity contribution < 1.29 is 19.7 Å². The van der Waals surface area contributed by atoms with Crippen LogP contribution in [-0.2, 0) is 16.0 Å². The predicted molar refractivity (Wildman–Crippen MR) is 141 cm³/mol. The van der Waals surface area contributed by atoms with Crippen LogP contribution in [0.25, 0.3) is 0 Å². The third kappa shape index (κ3) is 21.9. The number of allylic oxidation sites excluding steroid dienone is 2. The summed E-state index contributed by atoms with van der Waals surface area (Å²) in [4.78, 5) is 11.0. The van der Waals surface area contributed by atoms with Gasteiger partial charge in [-0.2, -0.15) is 0 Å². The Balaban J connectivity index is 0. The molecule has 4 nitrogen and oxygen atoms in total. The van der Waals surface area contributed by atoms with Crippen LogP contribution >= 0.6 is 0 Å². The third-order valence-electron chi connectivity index (χ3n) is 5.35. The van der Waals surface area contributed by atoms with E-state index in [1.165, 1.54) is 37.7 Å². The second-order valence-corrected chi connectivity index (χ2v) is 8.41. The van der Waals surface area contributed by atoms with E-state index in [1.807, 2.05) is 46.8 Å². The van der Waals surface area contributed by atoms with Gasteiger partial charge in [0, 0.05) is 13.5 Å². The van der Waals surface area contributed by atoms with Gasteiger partial charge in [0.15, 0.2) is 0 Å². The molecule has 192 valence electrons. The Kier molecular flexibility index (Phi) is 25.4. The van der Waals surface area contributed by atoms with E-state index in [4.69, 9.17) is 9.84 Å². The summed E-state index contributed by atoms with van der Waals surface area (Å²) in [5.41, 5.74) is 1.34. The molecule has 1 aliphatic rings. The number of aryl methyl sites for hydroxylation is 1. The van der Waals surface area contributed by atoms with Crippen molar-refractivity contribution in [1.82, 2.24) is 0 Å². The lowest BCUT2D eigenvalue weighted by atomic mass is 9.97. The number of esters is 1. The first kappa shape index (κ1) is 33.5. The minimum Gasteiger partial charge on any atom is -0.463 e. The Labute approximate surface area is 204 Å². The van der Waals surface area contributed by atoms with Crippen LogP contribution in [0.2, 0.25) is 0 Å². The van der Waals surface area contributed by atoms with Crippen LogP contribution in [-0.4, -0.2) is 35.5 Å². The molecule has 1 saturated carbocycles. The van der Waals surface area contributed by atoms with E-state index in [0.29, 0.717) is 6.42 Å². The van der Waals surface area contributed by atoms with E-state index in [2.05, 4.69) is 30.3 Å². The van der Waals surface area contributed by atoms with Crippen molar-refractivity contribution >= 4 is 5.97 Å². The number of rotatable bonds is 11. The minimum atomic E-state index is -0.101. The van der Waals surface area contributed by atoms with Crippen molar-refractivity contribution in [2.24, 2.45) is 5.92 Å². The molecule has 4 heteroatoms. The fourth-order valence-electron chi connectivity index (χ4n) is 3.70. The summed E-state index contributed by atoms with van der Waals surface area (Å²) in [5, 5.41) is 17.0. The fourth-order valence-corrected chi connectivity index (χ4v) is 3.70. The van der Waals surface area contributed by atoms with E-state index in [9.17, 15) is 9.90 Å². The highest BCUT2D eigenvalue weighted by Crippen LogP contribution is 2.29. The SMILES string of the molecule is C/C=C\CCCC(=O)OC(C)C.CC.CO.O[C@@H](CCc1ccccc1)CCC1CCCC1. The lowest BCUT2D eigenvalue weighted by molar-refractivity contribution is -0.147. The van der Waals surface area contributed by atoms with Gasteiger partial charge in [-0.05, 0) is 70.8 Å². The lowest BCUT2D eigenvalue weighted by Gasteiger charge is -2.13. The van der Waals surface area contributed by atoms with Crippen molar-refractivity contribution in [3.63, 3.8) is 0 Å². The molecule has 0 amide bonds. The maximum absolute atomic E-state index is 11.0. The third-order valence-corrected chi connectivity index (χ3v) is 5.35. The summed E-state index contributed by atoms with van der Waals surface area (Å²) in [5.74, 6) is 0.816. The summed E-state index contributed by atoms with van der Waals surface area (Å²) in [6.45, 7) is 9.71. The molecule has 0 heterocycles. The molecule has 1 aliphatic carbocycles. The second kappa shape index (κ2) is 25.0. The molecule has 1 aromatic carbocycles. The minimum absolute atomic E-state index is 0.0132. The van der Waals surface area contributed by atoms with Crippen molar-refractivity contribution in [2.75, 3.05) is 7.11 Å². The molecule has 0 radical (unpaired) electrons. The molecule has 1 atom stereocenters. The van der Waals surface area contributed by atoms with Gasteiger partial charge in [-0.3, -0.25) is 4.79 Å². The zero-order chi connectivity index (χ0) is 25.3. The van der Waals surface area contributed by atoms with Gasteiger partial charge in [0.2, 0.25) is 0 Å².